The van der Waals surface area contributed by atoms with Crippen LogP contribution in [0.5, 0.6) is 0 Å². The molecule has 2 aliphatic heterocycles. The van der Waals surface area contributed by atoms with E-state index in [0.717, 1.165) is 76.8 Å². The fraction of sp³-hybridized carbons (Fsp3) is 0.654. The lowest BCUT2D eigenvalue weighted by molar-refractivity contribution is -0.135. The van der Waals surface area contributed by atoms with Crippen LogP contribution in [0.4, 0.5) is 11.4 Å². The number of carbonyl (C=O) groups excluding carboxylic acids is 3. The van der Waals surface area contributed by atoms with Crippen molar-refractivity contribution in [1.82, 2.24) is 9.80 Å². The van der Waals surface area contributed by atoms with Crippen molar-refractivity contribution in [1.29, 1.82) is 0 Å². The molecule has 4 fully saturated rings. The van der Waals surface area contributed by atoms with Gasteiger partial charge >= 0.3 is 0 Å². The standard InChI is InChI=1S/C26H36N4O3/c31-24(19-8-5-9-19)27-21-10-11-23(22(18-21)26(33)29-12-3-4-13-29)28-14-16-30(17-15-28)25(32)20-6-1-2-7-20/h10-11,18-20H,1-9,12-17H2,(H,27,31). The number of benzene rings is 1. The number of piperazine rings is 1. The summed E-state index contributed by atoms with van der Waals surface area (Å²) in [7, 11) is 0. The average Bonchev–Trinajstić information content (AvgIpc) is 3.51. The molecule has 1 N–H and O–H groups in total. The topological polar surface area (TPSA) is 73.0 Å². The number of carbonyl (C=O) groups is 3. The Labute approximate surface area is 196 Å². The van der Waals surface area contributed by atoms with Gasteiger partial charge in [0.05, 0.1) is 5.56 Å². The van der Waals surface area contributed by atoms with E-state index in [9.17, 15) is 14.4 Å². The Morgan fingerprint density at radius 2 is 1.39 bits per heavy atom. The van der Waals surface area contributed by atoms with Gasteiger partial charge in [0.1, 0.15) is 0 Å². The lowest BCUT2D eigenvalue weighted by Gasteiger charge is -2.38. The molecule has 0 atom stereocenters. The highest BCUT2D eigenvalue weighted by molar-refractivity contribution is 6.02. The summed E-state index contributed by atoms with van der Waals surface area (Å²) in [5.41, 5.74) is 2.29. The summed E-state index contributed by atoms with van der Waals surface area (Å²) in [6, 6.07) is 5.76. The predicted octanol–water partition coefficient (Wildman–Crippen LogP) is 3.50. The van der Waals surface area contributed by atoms with E-state index in [-0.39, 0.29) is 23.7 Å². The number of anilines is 2. The van der Waals surface area contributed by atoms with Crippen molar-refractivity contribution in [3.8, 4) is 0 Å². The summed E-state index contributed by atoms with van der Waals surface area (Å²) < 4.78 is 0. The van der Waals surface area contributed by atoms with E-state index in [1.54, 1.807) is 0 Å². The maximum absolute atomic E-state index is 13.4. The Kier molecular flexibility index (Phi) is 6.56. The van der Waals surface area contributed by atoms with E-state index in [1.807, 2.05) is 28.0 Å². The molecule has 4 aliphatic rings. The van der Waals surface area contributed by atoms with Gasteiger partial charge in [0.2, 0.25) is 11.8 Å². The van der Waals surface area contributed by atoms with Crippen molar-refractivity contribution in [2.75, 3.05) is 49.5 Å². The molecule has 0 aromatic heterocycles. The zero-order valence-electron chi connectivity index (χ0n) is 19.6. The molecule has 33 heavy (non-hydrogen) atoms. The van der Waals surface area contributed by atoms with Gasteiger partial charge in [0.25, 0.3) is 5.91 Å². The van der Waals surface area contributed by atoms with Crippen molar-refractivity contribution in [3.63, 3.8) is 0 Å². The molecular weight excluding hydrogens is 416 g/mol. The first kappa shape index (κ1) is 22.2. The van der Waals surface area contributed by atoms with Gasteiger partial charge in [-0.15, -0.1) is 0 Å². The van der Waals surface area contributed by atoms with Crippen LogP contribution >= 0.6 is 0 Å². The zero-order chi connectivity index (χ0) is 22.8. The maximum Gasteiger partial charge on any atom is 0.256 e. The van der Waals surface area contributed by atoms with Crippen LogP contribution in [0.3, 0.4) is 0 Å². The highest BCUT2D eigenvalue weighted by Gasteiger charge is 2.31. The quantitative estimate of drug-likeness (QED) is 0.742. The monoisotopic (exact) mass is 452 g/mol. The molecule has 2 aliphatic carbocycles. The van der Waals surface area contributed by atoms with E-state index in [2.05, 4.69) is 10.2 Å². The molecule has 0 radical (unpaired) electrons. The van der Waals surface area contributed by atoms with Gasteiger partial charge in [-0.3, -0.25) is 14.4 Å². The molecule has 1 aromatic rings. The SMILES string of the molecule is O=C(Nc1ccc(N2CCN(C(=O)C3CCCC3)CC2)c(C(=O)N2CCCC2)c1)C1CCC1. The largest absolute Gasteiger partial charge is 0.367 e. The molecule has 5 rings (SSSR count). The van der Waals surface area contributed by atoms with Gasteiger partial charge in [0.15, 0.2) is 0 Å². The molecule has 2 saturated heterocycles. The molecule has 1 aromatic carbocycles. The summed E-state index contributed by atoms with van der Waals surface area (Å²) in [6.07, 6.45) is 9.50. The highest BCUT2D eigenvalue weighted by atomic mass is 16.2. The van der Waals surface area contributed by atoms with Crippen LogP contribution in [-0.2, 0) is 9.59 Å². The van der Waals surface area contributed by atoms with E-state index in [4.69, 9.17) is 0 Å². The third-order valence-corrected chi connectivity index (χ3v) is 8.00. The van der Waals surface area contributed by atoms with Crippen molar-refractivity contribution in [3.05, 3.63) is 23.8 Å². The number of amides is 3. The molecule has 7 nitrogen and oxygen atoms in total. The van der Waals surface area contributed by atoms with Crippen LogP contribution in [-0.4, -0.2) is 66.8 Å². The van der Waals surface area contributed by atoms with E-state index < -0.39 is 0 Å². The number of nitrogens with zero attached hydrogens (tertiary/aromatic N) is 3. The number of hydrogen-bond donors (Lipinski definition) is 1. The molecule has 178 valence electrons. The lowest BCUT2D eigenvalue weighted by atomic mass is 9.85. The normalized spacial score (nSPS) is 21.9. The molecule has 2 heterocycles. The zero-order valence-corrected chi connectivity index (χ0v) is 19.6. The minimum absolute atomic E-state index is 0.0479. The summed E-state index contributed by atoms with van der Waals surface area (Å²) in [4.78, 5) is 44.9. The lowest BCUT2D eigenvalue weighted by Crippen LogP contribution is -2.50. The van der Waals surface area contributed by atoms with Crippen LogP contribution in [0, 0.1) is 11.8 Å². The second-order valence-electron chi connectivity index (χ2n) is 10.1. The van der Waals surface area contributed by atoms with E-state index >= 15 is 0 Å². The average molecular weight is 453 g/mol. The van der Waals surface area contributed by atoms with Crippen LogP contribution in [0.2, 0.25) is 0 Å². The van der Waals surface area contributed by atoms with Crippen LogP contribution < -0.4 is 10.2 Å². The highest BCUT2D eigenvalue weighted by Crippen LogP contribution is 2.32. The number of rotatable bonds is 5. The summed E-state index contributed by atoms with van der Waals surface area (Å²) in [5.74, 6) is 0.740. The minimum atomic E-state index is 0.0479. The van der Waals surface area contributed by atoms with Crippen LogP contribution in [0.15, 0.2) is 18.2 Å². The molecule has 0 bridgehead atoms. The third-order valence-electron chi connectivity index (χ3n) is 8.00. The maximum atomic E-state index is 13.4. The first-order valence-electron chi connectivity index (χ1n) is 12.9. The molecule has 0 unspecified atom stereocenters. The Morgan fingerprint density at radius 1 is 0.727 bits per heavy atom. The fourth-order valence-electron chi connectivity index (χ4n) is 5.66. The van der Waals surface area contributed by atoms with E-state index in [0.29, 0.717) is 30.2 Å². The van der Waals surface area contributed by atoms with Crippen LogP contribution in [0.1, 0.15) is 68.1 Å². The first-order valence-corrected chi connectivity index (χ1v) is 12.9. The summed E-state index contributed by atoms with van der Waals surface area (Å²) in [6.45, 7) is 4.44. The second kappa shape index (κ2) is 9.74. The van der Waals surface area contributed by atoms with E-state index in [1.165, 1.54) is 12.8 Å². The van der Waals surface area contributed by atoms with Crippen molar-refractivity contribution in [2.45, 2.75) is 57.8 Å². The van der Waals surface area contributed by atoms with Crippen molar-refractivity contribution < 1.29 is 14.4 Å². The van der Waals surface area contributed by atoms with Crippen molar-refractivity contribution >= 4 is 29.1 Å². The predicted molar refractivity (Wildman–Crippen MR) is 128 cm³/mol. The molecular formula is C26H36N4O3. The van der Waals surface area contributed by atoms with Gasteiger partial charge in [-0.05, 0) is 56.7 Å². The van der Waals surface area contributed by atoms with Gasteiger partial charge < -0.3 is 20.0 Å². The molecule has 2 saturated carbocycles. The van der Waals surface area contributed by atoms with Gasteiger partial charge in [-0.2, -0.15) is 0 Å². The van der Waals surface area contributed by atoms with Gasteiger partial charge in [0, 0.05) is 62.5 Å². The smallest absolute Gasteiger partial charge is 0.256 e. The minimum Gasteiger partial charge on any atom is -0.367 e. The Bertz CT molecular complexity index is 893. The Hall–Kier alpha value is -2.57. The molecule has 3 amide bonds. The first-order chi connectivity index (χ1) is 16.1. The molecule has 0 spiro atoms. The fourth-order valence-corrected chi connectivity index (χ4v) is 5.66. The Balaban J connectivity index is 1.31. The number of hydrogen-bond acceptors (Lipinski definition) is 4. The van der Waals surface area contributed by atoms with Crippen LogP contribution in [0.25, 0.3) is 0 Å². The third kappa shape index (κ3) is 4.73. The number of likely N-dealkylation sites (tertiary alicyclic amines) is 1. The Morgan fingerprint density at radius 3 is 2.03 bits per heavy atom. The van der Waals surface area contributed by atoms with Gasteiger partial charge in [-0.25, -0.2) is 0 Å². The summed E-state index contributed by atoms with van der Waals surface area (Å²) in [5, 5.41) is 3.03. The second-order valence-corrected chi connectivity index (χ2v) is 10.1. The van der Waals surface area contributed by atoms with Gasteiger partial charge in [-0.1, -0.05) is 19.3 Å². The number of nitrogens with one attached hydrogen (secondary N) is 1. The summed E-state index contributed by atoms with van der Waals surface area (Å²) >= 11 is 0. The van der Waals surface area contributed by atoms with Crippen molar-refractivity contribution in [2.24, 2.45) is 11.8 Å². The molecule has 7 heteroatoms.